The number of carbonyl (C=O) groups is 1. The second-order valence-corrected chi connectivity index (χ2v) is 5.40. The van der Waals surface area contributed by atoms with Gasteiger partial charge in [0.2, 0.25) is 5.91 Å². The standard InChI is InChI=1S/C15H21N3O2/c1-10-4-2-5-11(8-10)9-14(19)17-13-7-3-6-12(13)15(16)18-20/h2,4-5,8,12-13,20H,3,6-7,9H2,1H3,(H2,16,18)(H,17,19). The predicted octanol–water partition coefficient (Wildman–Crippen LogP) is 1.57. The van der Waals surface area contributed by atoms with Gasteiger partial charge >= 0.3 is 0 Å². The van der Waals surface area contributed by atoms with Gasteiger partial charge < -0.3 is 16.3 Å². The third kappa shape index (κ3) is 3.50. The Morgan fingerprint density at radius 1 is 1.50 bits per heavy atom. The van der Waals surface area contributed by atoms with Gasteiger partial charge in [-0.1, -0.05) is 41.4 Å². The molecule has 5 nitrogen and oxygen atoms in total. The highest BCUT2D eigenvalue weighted by atomic mass is 16.4. The molecule has 2 rings (SSSR count). The Bertz CT molecular complexity index is 514. The van der Waals surface area contributed by atoms with Crippen LogP contribution in [0.15, 0.2) is 29.4 Å². The van der Waals surface area contributed by atoms with Crippen molar-refractivity contribution in [3.8, 4) is 0 Å². The van der Waals surface area contributed by atoms with Crippen LogP contribution in [0.5, 0.6) is 0 Å². The molecular weight excluding hydrogens is 254 g/mol. The van der Waals surface area contributed by atoms with Crippen LogP contribution < -0.4 is 11.1 Å². The van der Waals surface area contributed by atoms with Crippen LogP contribution in [-0.2, 0) is 11.2 Å². The van der Waals surface area contributed by atoms with Gasteiger partial charge in [-0.3, -0.25) is 4.79 Å². The summed E-state index contributed by atoms with van der Waals surface area (Å²) in [6, 6.07) is 7.89. The van der Waals surface area contributed by atoms with E-state index in [2.05, 4.69) is 10.5 Å². The number of amides is 1. The van der Waals surface area contributed by atoms with Crippen molar-refractivity contribution in [2.45, 2.75) is 38.6 Å². The van der Waals surface area contributed by atoms with E-state index in [9.17, 15) is 4.79 Å². The molecule has 0 saturated heterocycles. The molecule has 0 heterocycles. The fraction of sp³-hybridized carbons (Fsp3) is 0.467. The SMILES string of the molecule is Cc1cccc(CC(=O)NC2CCCC2C(N)=NO)c1. The first-order valence-corrected chi connectivity index (χ1v) is 6.92. The molecule has 4 N–H and O–H groups in total. The Morgan fingerprint density at radius 2 is 2.30 bits per heavy atom. The number of nitrogens with zero attached hydrogens (tertiary/aromatic N) is 1. The van der Waals surface area contributed by atoms with Crippen molar-refractivity contribution in [2.75, 3.05) is 0 Å². The van der Waals surface area contributed by atoms with E-state index in [1.807, 2.05) is 31.2 Å². The summed E-state index contributed by atoms with van der Waals surface area (Å²) in [4.78, 5) is 12.1. The minimum Gasteiger partial charge on any atom is -0.409 e. The molecule has 1 aliphatic carbocycles. The first-order valence-electron chi connectivity index (χ1n) is 6.92. The third-order valence-electron chi connectivity index (χ3n) is 3.80. The van der Waals surface area contributed by atoms with E-state index < -0.39 is 0 Å². The lowest BCUT2D eigenvalue weighted by Crippen LogP contribution is -2.43. The van der Waals surface area contributed by atoms with Gasteiger partial charge in [-0.25, -0.2) is 0 Å². The quantitative estimate of drug-likeness (QED) is 0.337. The maximum absolute atomic E-state index is 12.1. The van der Waals surface area contributed by atoms with Crippen molar-refractivity contribution in [3.63, 3.8) is 0 Å². The van der Waals surface area contributed by atoms with Gasteiger partial charge in [-0.05, 0) is 25.3 Å². The van der Waals surface area contributed by atoms with E-state index in [4.69, 9.17) is 10.9 Å². The minimum atomic E-state index is -0.0542. The van der Waals surface area contributed by atoms with Crippen molar-refractivity contribution >= 4 is 11.7 Å². The molecule has 5 heteroatoms. The lowest BCUT2D eigenvalue weighted by atomic mass is 10.0. The van der Waals surface area contributed by atoms with Crippen LogP contribution in [0.3, 0.4) is 0 Å². The Balaban J connectivity index is 1.94. The zero-order valence-electron chi connectivity index (χ0n) is 11.7. The molecule has 2 unspecified atom stereocenters. The van der Waals surface area contributed by atoms with Crippen molar-refractivity contribution in [1.29, 1.82) is 0 Å². The monoisotopic (exact) mass is 275 g/mol. The molecule has 108 valence electrons. The van der Waals surface area contributed by atoms with Crippen molar-refractivity contribution in [3.05, 3.63) is 35.4 Å². The van der Waals surface area contributed by atoms with Gasteiger partial charge in [0, 0.05) is 12.0 Å². The summed E-state index contributed by atoms with van der Waals surface area (Å²) in [5, 5.41) is 14.8. The van der Waals surface area contributed by atoms with Gasteiger partial charge in [0.15, 0.2) is 0 Å². The van der Waals surface area contributed by atoms with Crippen LogP contribution in [0.25, 0.3) is 0 Å². The summed E-state index contributed by atoms with van der Waals surface area (Å²) in [5.74, 6) is 0.142. The van der Waals surface area contributed by atoms with E-state index in [-0.39, 0.29) is 23.7 Å². The molecule has 0 spiro atoms. The average Bonchev–Trinajstić information content (AvgIpc) is 2.85. The highest BCUT2D eigenvalue weighted by Crippen LogP contribution is 2.25. The largest absolute Gasteiger partial charge is 0.409 e. The summed E-state index contributed by atoms with van der Waals surface area (Å²) in [7, 11) is 0. The second-order valence-electron chi connectivity index (χ2n) is 5.40. The topological polar surface area (TPSA) is 87.7 Å². The van der Waals surface area contributed by atoms with E-state index in [0.29, 0.717) is 6.42 Å². The van der Waals surface area contributed by atoms with Crippen LogP contribution in [0, 0.1) is 12.8 Å². The Labute approximate surface area is 118 Å². The average molecular weight is 275 g/mol. The Hall–Kier alpha value is -2.04. The molecule has 0 aromatic heterocycles. The Kier molecular flexibility index (Phi) is 4.61. The van der Waals surface area contributed by atoms with E-state index in [1.54, 1.807) is 0 Å². The normalized spacial score (nSPS) is 22.8. The number of nitrogens with two attached hydrogens (primary N) is 1. The van der Waals surface area contributed by atoms with Crippen molar-refractivity contribution in [2.24, 2.45) is 16.8 Å². The summed E-state index contributed by atoms with van der Waals surface area (Å²) in [6.45, 7) is 2.01. The van der Waals surface area contributed by atoms with E-state index >= 15 is 0 Å². The minimum absolute atomic E-state index is 0.0155. The van der Waals surface area contributed by atoms with Gasteiger partial charge in [0.25, 0.3) is 0 Å². The molecule has 0 aliphatic heterocycles. The summed E-state index contributed by atoms with van der Waals surface area (Å²) in [5.41, 5.74) is 7.81. The van der Waals surface area contributed by atoms with E-state index in [0.717, 1.165) is 30.4 Å². The molecule has 1 aromatic rings. The second kappa shape index (κ2) is 6.41. The van der Waals surface area contributed by atoms with Crippen LogP contribution >= 0.6 is 0 Å². The molecule has 0 radical (unpaired) electrons. The Morgan fingerprint density at radius 3 is 3.00 bits per heavy atom. The van der Waals surface area contributed by atoms with Gasteiger partial charge in [0.05, 0.1) is 6.42 Å². The summed E-state index contributed by atoms with van der Waals surface area (Å²) >= 11 is 0. The van der Waals surface area contributed by atoms with Gasteiger partial charge in [0.1, 0.15) is 5.84 Å². The molecule has 20 heavy (non-hydrogen) atoms. The summed E-state index contributed by atoms with van der Waals surface area (Å²) in [6.07, 6.45) is 3.07. The first kappa shape index (κ1) is 14.4. The lowest BCUT2D eigenvalue weighted by molar-refractivity contribution is -0.121. The summed E-state index contributed by atoms with van der Waals surface area (Å²) < 4.78 is 0. The number of carbonyl (C=O) groups excluding carboxylic acids is 1. The number of aryl methyl sites for hydroxylation is 1. The number of amidine groups is 1. The van der Waals surface area contributed by atoms with Crippen LogP contribution in [-0.4, -0.2) is 23.0 Å². The fourth-order valence-corrected chi connectivity index (χ4v) is 2.83. The molecular formula is C15H21N3O2. The molecule has 1 saturated carbocycles. The number of nitrogens with one attached hydrogen (secondary N) is 1. The van der Waals surface area contributed by atoms with E-state index in [1.165, 1.54) is 0 Å². The molecule has 1 aliphatic rings. The zero-order chi connectivity index (χ0) is 14.5. The molecule has 1 amide bonds. The van der Waals surface area contributed by atoms with Crippen molar-refractivity contribution in [1.82, 2.24) is 5.32 Å². The first-order chi connectivity index (χ1) is 9.60. The van der Waals surface area contributed by atoms with Crippen LogP contribution in [0.1, 0.15) is 30.4 Å². The molecule has 1 aromatic carbocycles. The number of oxime groups is 1. The number of rotatable bonds is 4. The smallest absolute Gasteiger partial charge is 0.224 e. The van der Waals surface area contributed by atoms with Crippen LogP contribution in [0.2, 0.25) is 0 Å². The maximum atomic E-state index is 12.1. The van der Waals surface area contributed by atoms with Gasteiger partial charge in [-0.15, -0.1) is 0 Å². The number of hydrogen-bond donors (Lipinski definition) is 3. The van der Waals surface area contributed by atoms with Crippen LogP contribution in [0.4, 0.5) is 0 Å². The van der Waals surface area contributed by atoms with Crippen molar-refractivity contribution < 1.29 is 10.0 Å². The predicted molar refractivity (Wildman–Crippen MR) is 77.6 cm³/mol. The lowest BCUT2D eigenvalue weighted by Gasteiger charge is -2.19. The highest BCUT2D eigenvalue weighted by Gasteiger charge is 2.31. The van der Waals surface area contributed by atoms with Gasteiger partial charge in [-0.2, -0.15) is 0 Å². The number of benzene rings is 1. The molecule has 2 atom stereocenters. The maximum Gasteiger partial charge on any atom is 0.224 e. The molecule has 0 bridgehead atoms. The zero-order valence-corrected chi connectivity index (χ0v) is 11.7. The number of hydrogen-bond acceptors (Lipinski definition) is 3. The molecule has 1 fully saturated rings. The third-order valence-corrected chi connectivity index (χ3v) is 3.80. The fourth-order valence-electron chi connectivity index (χ4n) is 2.83. The highest BCUT2D eigenvalue weighted by molar-refractivity contribution is 5.85.